The van der Waals surface area contributed by atoms with Gasteiger partial charge in [0.15, 0.2) is 0 Å². The molecule has 0 saturated carbocycles. The van der Waals surface area contributed by atoms with Crippen LogP contribution in [0.2, 0.25) is 0 Å². The lowest BCUT2D eigenvalue weighted by Crippen LogP contribution is -2.41. The molecule has 1 aromatic rings. The summed E-state index contributed by atoms with van der Waals surface area (Å²) in [6.45, 7) is 5.42. The minimum absolute atomic E-state index is 0.145. The van der Waals surface area contributed by atoms with Crippen molar-refractivity contribution < 1.29 is 8.42 Å². The maximum atomic E-state index is 11.2. The van der Waals surface area contributed by atoms with Crippen molar-refractivity contribution in [3.63, 3.8) is 0 Å². The highest BCUT2D eigenvalue weighted by Gasteiger charge is 2.16. The van der Waals surface area contributed by atoms with Crippen LogP contribution in [0.1, 0.15) is 26.2 Å². The summed E-state index contributed by atoms with van der Waals surface area (Å²) in [6.07, 6.45) is 3.91. The van der Waals surface area contributed by atoms with Crippen molar-refractivity contribution in [1.29, 1.82) is 0 Å². The fourth-order valence-corrected chi connectivity index (χ4v) is 3.03. The highest BCUT2D eigenvalue weighted by molar-refractivity contribution is 7.89. The number of sulfonamides is 1. The zero-order chi connectivity index (χ0) is 14.6. The van der Waals surface area contributed by atoms with Gasteiger partial charge in [0.1, 0.15) is 0 Å². The van der Waals surface area contributed by atoms with Crippen LogP contribution >= 0.6 is 0 Å². The highest BCUT2D eigenvalue weighted by Crippen LogP contribution is 2.15. The average molecular weight is 297 g/mol. The second-order valence-corrected chi connectivity index (χ2v) is 6.96. The number of benzene rings is 1. The van der Waals surface area contributed by atoms with Crippen molar-refractivity contribution in [3.05, 3.63) is 24.3 Å². The minimum atomic E-state index is -3.60. The van der Waals surface area contributed by atoms with Gasteiger partial charge in [-0.3, -0.25) is 4.90 Å². The molecule has 1 fully saturated rings. The quantitative estimate of drug-likeness (QED) is 0.866. The van der Waals surface area contributed by atoms with Crippen molar-refractivity contribution in [2.24, 2.45) is 5.14 Å². The molecule has 6 heteroatoms. The van der Waals surface area contributed by atoms with E-state index in [0.717, 1.165) is 12.2 Å². The number of likely N-dealkylation sites (tertiary alicyclic amines) is 1. The van der Waals surface area contributed by atoms with E-state index in [4.69, 9.17) is 5.14 Å². The molecule has 0 aliphatic carbocycles. The molecule has 1 heterocycles. The van der Waals surface area contributed by atoms with E-state index in [1.807, 2.05) is 0 Å². The zero-order valence-electron chi connectivity index (χ0n) is 11.9. The standard InChI is InChI=1S/C14H23N3O2S/c1-12(17-9-3-2-4-10-17)11-16-13-5-7-14(8-6-13)20(15,18)19/h5-8,12,16H,2-4,9-11H2,1H3,(H2,15,18,19). The highest BCUT2D eigenvalue weighted by atomic mass is 32.2. The first-order chi connectivity index (χ1) is 9.47. The number of hydrogen-bond acceptors (Lipinski definition) is 4. The van der Waals surface area contributed by atoms with Crippen LogP contribution in [0, 0.1) is 0 Å². The third-order valence-electron chi connectivity index (χ3n) is 3.80. The Morgan fingerprint density at radius 2 is 1.80 bits per heavy atom. The molecule has 1 aliphatic heterocycles. The molecule has 3 N–H and O–H groups in total. The lowest BCUT2D eigenvalue weighted by Gasteiger charge is -2.32. The SMILES string of the molecule is CC(CNc1ccc(S(N)(=O)=O)cc1)N1CCCCC1. The van der Waals surface area contributed by atoms with Gasteiger partial charge in [0.05, 0.1) is 4.90 Å². The molecule has 0 radical (unpaired) electrons. The van der Waals surface area contributed by atoms with Gasteiger partial charge in [0.25, 0.3) is 0 Å². The molecule has 1 unspecified atom stereocenters. The van der Waals surface area contributed by atoms with Crippen LogP contribution in [0.25, 0.3) is 0 Å². The van der Waals surface area contributed by atoms with Gasteiger partial charge in [-0.15, -0.1) is 0 Å². The largest absolute Gasteiger partial charge is 0.383 e. The maximum absolute atomic E-state index is 11.2. The van der Waals surface area contributed by atoms with Gasteiger partial charge < -0.3 is 5.32 Å². The summed E-state index contributed by atoms with van der Waals surface area (Å²) in [7, 11) is -3.60. The Labute approximate surface area is 121 Å². The molecule has 5 nitrogen and oxygen atoms in total. The third-order valence-corrected chi connectivity index (χ3v) is 4.73. The number of nitrogens with two attached hydrogens (primary N) is 1. The lowest BCUT2D eigenvalue weighted by atomic mass is 10.1. The first kappa shape index (κ1) is 15.3. The summed E-state index contributed by atoms with van der Waals surface area (Å²) in [6, 6.07) is 7.05. The van der Waals surface area contributed by atoms with Crippen molar-refractivity contribution >= 4 is 15.7 Å². The van der Waals surface area contributed by atoms with Crippen molar-refractivity contribution in [1.82, 2.24) is 4.90 Å². The van der Waals surface area contributed by atoms with E-state index in [1.165, 1.54) is 44.5 Å². The Kier molecular flexibility index (Phi) is 5.01. The van der Waals surface area contributed by atoms with E-state index in [-0.39, 0.29) is 4.90 Å². The third kappa shape index (κ3) is 4.19. The van der Waals surface area contributed by atoms with Gasteiger partial charge in [0, 0.05) is 18.3 Å². The molecule has 1 aliphatic rings. The maximum Gasteiger partial charge on any atom is 0.238 e. The topological polar surface area (TPSA) is 75.4 Å². The van der Waals surface area contributed by atoms with Crippen LogP contribution in [0.4, 0.5) is 5.69 Å². The predicted molar refractivity (Wildman–Crippen MR) is 81.2 cm³/mol. The first-order valence-corrected chi connectivity index (χ1v) is 8.62. The molecular formula is C14H23N3O2S. The molecular weight excluding hydrogens is 274 g/mol. The number of piperidine rings is 1. The molecule has 2 rings (SSSR count). The molecule has 0 bridgehead atoms. The number of nitrogens with zero attached hydrogens (tertiary/aromatic N) is 1. The Morgan fingerprint density at radius 3 is 2.35 bits per heavy atom. The lowest BCUT2D eigenvalue weighted by molar-refractivity contribution is 0.180. The zero-order valence-corrected chi connectivity index (χ0v) is 12.7. The minimum Gasteiger partial charge on any atom is -0.383 e. The van der Waals surface area contributed by atoms with Crippen LogP contribution in [0.5, 0.6) is 0 Å². The molecule has 0 aromatic heterocycles. The molecule has 0 spiro atoms. The monoisotopic (exact) mass is 297 g/mol. The molecule has 1 atom stereocenters. The van der Waals surface area contributed by atoms with Crippen molar-refractivity contribution in [2.75, 3.05) is 25.0 Å². The van der Waals surface area contributed by atoms with Crippen LogP contribution in [0.3, 0.4) is 0 Å². The Morgan fingerprint density at radius 1 is 1.20 bits per heavy atom. The van der Waals surface area contributed by atoms with Gasteiger partial charge in [-0.1, -0.05) is 6.42 Å². The van der Waals surface area contributed by atoms with Crippen molar-refractivity contribution in [3.8, 4) is 0 Å². The summed E-state index contributed by atoms with van der Waals surface area (Å²) in [5.41, 5.74) is 0.918. The predicted octanol–water partition coefficient (Wildman–Crippen LogP) is 1.62. The van der Waals surface area contributed by atoms with E-state index in [2.05, 4.69) is 17.1 Å². The Balaban J connectivity index is 1.87. The van der Waals surface area contributed by atoms with Crippen molar-refractivity contribution in [2.45, 2.75) is 37.1 Å². The van der Waals surface area contributed by atoms with Gasteiger partial charge >= 0.3 is 0 Å². The summed E-state index contributed by atoms with van der Waals surface area (Å²) in [4.78, 5) is 2.64. The van der Waals surface area contributed by atoms with Gasteiger partial charge in [-0.25, -0.2) is 13.6 Å². The smallest absolute Gasteiger partial charge is 0.238 e. The summed E-state index contributed by atoms with van der Waals surface area (Å²) >= 11 is 0. The van der Waals surface area contributed by atoms with E-state index in [9.17, 15) is 8.42 Å². The molecule has 1 saturated heterocycles. The Bertz CT molecular complexity index is 522. The number of anilines is 1. The molecule has 112 valence electrons. The molecule has 1 aromatic carbocycles. The second kappa shape index (κ2) is 6.56. The van der Waals surface area contributed by atoms with Crippen LogP contribution in [0.15, 0.2) is 29.2 Å². The van der Waals surface area contributed by atoms with Gasteiger partial charge in [-0.2, -0.15) is 0 Å². The van der Waals surface area contributed by atoms with Crippen LogP contribution in [-0.2, 0) is 10.0 Å². The van der Waals surface area contributed by atoms with E-state index in [0.29, 0.717) is 6.04 Å². The van der Waals surface area contributed by atoms with Gasteiger partial charge in [-0.05, 0) is 57.1 Å². The van der Waals surface area contributed by atoms with Gasteiger partial charge in [0.2, 0.25) is 10.0 Å². The number of nitrogens with one attached hydrogen (secondary N) is 1. The first-order valence-electron chi connectivity index (χ1n) is 7.07. The van der Waals surface area contributed by atoms with E-state index >= 15 is 0 Å². The Hall–Kier alpha value is -1.11. The number of primary sulfonamides is 1. The summed E-state index contributed by atoms with van der Waals surface area (Å²) in [5, 5.41) is 8.41. The number of hydrogen-bond donors (Lipinski definition) is 2. The van der Waals surface area contributed by atoms with Crippen LogP contribution in [-0.4, -0.2) is 39.0 Å². The fraction of sp³-hybridized carbons (Fsp3) is 0.571. The molecule has 0 amide bonds. The normalized spacial score (nSPS) is 18.7. The molecule has 20 heavy (non-hydrogen) atoms. The average Bonchev–Trinajstić information content (AvgIpc) is 2.45. The second-order valence-electron chi connectivity index (χ2n) is 5.40. The van der Waals surface area contributed by atoms with E-state index in [1.54, 1.807) is 12.1 Å². The fourth-order valence-electron chi connectivity index (χ4n) is 2.52. The summed E-state index contributed by atoms with van der Waals surface area (Å²) < 4.78 is 22.3. The van der Waals surface area contributed by atoms with E-state index < -0.39 is 10.0 Å². The van der Waals surface area contributed by atoms with Crippen LogP contribution < -0.4 is 10.5 Å². The summed E-state index contributed by atoms with van der Waals surface area (Å²) in [5.74, 6) is 0. The number of rotatable bonds is 5.